The number of halogens is 1. The molecule has 0 bridgehead atoms. The first-order chi connectivity index (χ1) is 12.0. The number of aromatic amines is 1. The zero-order valence-electron chi connectivity index (χ0n) is 13.7. The zero-order valence-corrected chi connectivity index (χ0v) is 14.4. The number of aryl methyl sites for hydroxylation is 1. The van der Waals surface area contributed by atoms with Crippen LogP contribution in [0.1, 0.15) is 28.8 Å². The Labute approximate surface area is 148 Å². The lowest BCUT2D eigenvalue weighted by Crippen LogP contribution is -2.41. The summed E-state index contributed by atoms with van der Waals surface area (Å²) in [4.78, 5) is 39.3. The van der Waals surface area contributed by atoms with Gasteiger partial charge in [0.25, 0.3) is 11.5 Å². The second-order valence-corrected chi connectivity index (χ2v) is 6.38. The molecule has 1 unspecified atom stereocenters. The standard InChI is InChI=1S/C17H18ClN3O4/c1-10-4-5-11(7-14(10)18)20-15(22)13-8-19-17(24)21(16(13)23)9-12-3-2-6-25-12/h4-5,7-8,12H,2-3,6,9H2,1H3,(H,19,24)(H,20,22). The van der Waals surface area contributed by atoms with Crippen LogP contribution in [-0.4, -0.2) is 28.2 Å². The second kappa shape index (κ2) is 7.25. The van der Waals surface area contributed by atoms with Crippen molar-refractivity contribution in [1.82, 2.24) is 9.55 Å². The summed E-state index contributed by atoms with van der Waals surface area (Å²) >= 11 is 6.04. The molecule has 1 saturated heterocycles. The molecule has 8 heteroatoms. The van der Waals surface area contributed by atoms with Crippen molar-refractivity contribution in [1.29, 1.82) is 0 Å². The predicted molar refractivity (Wildman–Crippen MR) is 94.4 cm³/mol. The number of carbonyl (C=O) groups is 1. The van der Waals surface area contributed by atoms with E-state index in [-0.39, 0.29) is 18.2 Å². The molecule has 25 heavy (non-hydrogen) atoms. The minimum atomic E-state index is -0.644. The van der Waals surface area contributed by atoms with Gasteiger partial charge in [-0.05, 0) is 37.5 Å². The molecule has 0 spiro atoms. The minimum Gasteiger partial charge on any atom is -0.376 e. The fraction of sp³-hybridized carbons (Fsp3) is 0.353. The van der Waals surface area contributed by atoms with Gasteiger partial charge in [0.15, 0.2) is 0 Å². The molecule has 1 atom stereocenters. The number of hydrogen-bond donors (Lipinski definition) is 2. The van der Waals surface area contributed by atoms with Gasteiger partial charge in [-0.25, -0.2) is 4.79 Å². The van der Waals surface area contributed by atoms with Crippen molar-refractivity contribution in [3.05, 3.63) is 61.4 Å². The van der Waals surface area contributed by atoms with E-state index in [1.165, 1.54) is 0 Å². The van der Waals surface area contributed by atoms with Gasteiger partial charge < -0.3 is 15.0 Å². The van der Waals surface area contributed by atoms with Crippen LogP contribution in [0.25, 0.3) is 0 Å². The maximum absolute atomic E-state index is 12.5. The van der Waals surface area contributed by atoms with E-state index in [0.29, 0.717) is 17.3 Å². The van der Waals surface area contributed by atoms with Crippen LogP contribution in [0.15, 0.2) is 34.0 Å². The van der Waals surface area contributed by atoms with Gasteiger partial charge in [0.05, 0.1) is 12.6 Å². The molecule has 132 valence electrons. The minimum absolute atomic E-state index is 0.131. The SMILES string of the molecule is Cc1ccc(NC(=O)c2c[nH]c(=O)n(CC3CCCO3)c2=O)cc1Cl. The highest BCUT2D eigenvalue weighted by molar-refractivity contribution is 6.31. The van der Waals surface area contributed by atoms with Crippen molar-refractivity contribution >= 4 is 23.2 Å². The fourth-order valence-corrected chi connectivity index (χ4v) is 2.88. The number of H-pyrrole nitrogens is 1. The number of carbonyl (C=O) groups excluding carboxylic acids is 1. The maximum Gasteiger partial charge on any atom is 0.328 e. The van der Waals surface area contributed by atoms with Gasteiger partial charge in [-0.3, -0.25) is 14.2 Å². The third-order valence-electron chi connectivity index (χ3n) is 4.15. The van der Waals surface area contributed by atoms with Gasteiger partial charge in [0, 0.05) is 23.5 Å². The fourth-order valence-electron chi connectivity index (χ4n) is 2.70. The number of rotatable bonds is 4. The molecule has 3 rings (SSSR count). The summed E-state index contributed by atoms with van der Waals surface area (Å²) in [5.74, 6) is -0.609. The Morgan fingerprint density at radius 3 is 2.92 bits per heavy atom. The number of amides is 1. The number of benzene rings is 1. The van der Waals surface area contributed by atoms with Crippen LogP contribution >= 0.6 is 11.6 Å². The van der Waals surface area contributed by atoms with E-state index >= 15 is 0 Å². The summed E-state index contributed by atoms with van der Waals surface area (Å²) in [6.07, 6.45) is 2.62. The quantitative estimate of drug-likeness (QED) is 0.868. The summed E-state index contributed by atoms with van der Waals surface area (Å²) in [6.45, 7) is 2.59. The van der Waals surface area contributed by atoms with E-state index in [1.807, 2.05) is 6.92 Å². The lowest BCUT2D eigenvalue weighted by Gasteiger charge is -2.12. The third kappa shape index (κ3) is 3.83. The van der Waals surface area contributed by atoms with Crippen LogP contribution in [0.4, 0.5) is 5.69 Å². The Kier molecular flexibility index (Phi) is 5.06. The predicted octanol–water partition coefficient (Wildman–Crippen LogP) is 1.93. The van der Waals surface area contributed by atoms with E-state index in [1.54, 1.807) is 18.2 Å². The Bertz CT molecular complexity index is 913. The Hall–Kier alpha value is -2.38. The van der Waals surface area contributed by atoms with E-state index in [9.17, 15) is 14.4 Å². The van der Waals surface area contributed by atoms with Crippen LogP contribution in [0, 0.1) is 6.92 Å². The van der Waals surface area contributed by atoms with Crippen molar-refractivity contribution in [2.75, 3.05) is 11.9 Å². The average Bonchev–Trinajstić information content (AvgIpc) is 3.08. The lowest BCUT2D eigenvalue weighted by molar-refractivity contribution is 0.0941. The molecule has 0 saturated carbocycles. The molecule has 0 radical (unpaired) electrons. The number of ether oxygens (including phenoxy) is 1. The van der Waals surface area contributed by atoms with Crippen molar-refractivity contribution in [2.45, 2.75) is 32.4 Å². The van der Waals surface area contributed by atoms with Crippen molar-refractivity contribution < 1.29 is 9.53 Å². The topological polar surface area (TPSA) is 93.2 Å². The monoisotopic (exact) mass is 363 g/mol. The molecule has 2 N–H and O–H groups in total. The average molecular weight is 364 g/mol. The van der Waals surface area contributed by atoms with Crippen LogP contribution in [-0.2, 0) is 11.3 Å². The third-order valence-corrected chi connectivity index (χ3v) is 4.55. The van der Waals surface area contributed by atoms with Crippen LogP contribution in [0.3, 0.4) is 0 Å². The van der Waals surface area contributed by atoms with Gasteiger partial charge in [0.2, 0.25) is 0 Å². The molecule has 1 fully saturated rings. The molecule has 2 aromatic rings. The molecule has 7 nitrogen and oxygen atoms in total. The highest BCUT2D eigenvalue weighted by Crippen LogP contribution is 2.20. The smallest absolute Gasteiger partial charge is 0.328 e. The van der Waals surface area contributed by atoms with Crippen molar-refractivity contribution in [2.24, 2.45) is 0 Å². The molecule has 2 heterocycles. The van der Waals surface area contributed by atoms with Gasteiger partial charge >= 0.3 is 5.69 Å². The highest BCUT2D eigenvalue weighted by atomic mass is 35.5. The van der Waals surface area contributed by atoms with E-state index in [4.69, 9.17) is 16.3 Å². The Balaban J connectivity index is 1.86. The largest absolute Gasteiger partial charge is 0.376 e. The van der Waals surface area contributed by atoms with Crippen molar-refractivity contribution in [3.8, 4) is 0 Å². The summed E-state index contributed by atoms with van der Waals surface area (Å²) in [7, 11) is 0. The zero-order chi connectivity index (χ0) is 18.0. The molecule has 0 aliphatic carbocycles. The lowest BCUT2D eigenvalue weighted by atomic mass is 10.2. The number of hydrogen-bond acceptors (Lipinski definition) is 4. The van der Waals surface area contributed by atoms with E-state index < -0.39 is 17.2 Å². The van der Waals surface area contributed by atoms with Crippen molar-refractivity contribution in [3.63, 3.8) is 0 Å². The summed E-state index contributed by atoms with van der Waals surface area (Å²) in [5.41, 5.74) is -0.000754. The first-order valence-electron chi connectivity index (χ1n) is 7.97. The first-order valence-corrected chi connectivity index (χ1v) is 8.35. The molecular formula is C17H18ClN3O4. The molecule has 1 amide bonds. The van der Waals surface area contributed by atoms with Crippen LogP contribution < -0.4 is 16.6 Å². The van der Waals surface area contributed by atoms with Gasteiger partial charge in [-0.15, -0.1) is 0 Å². The number of anilines is 1. The summed E-state index contributed by atoms with van der Waals surface area (Å²) in [5, 5.41) is 3.13. The number of aromatic nitrogens is 2. The van der Waals surface area contributed by atoms with Gasteiger partial charge in [-0.1, -0.05) is 17.7 Å². The normalized spacial score (nSPS) is 16.8. The second-order valence-electron chi connectivity index (χ2n) is 5.98. The Morgan fingerprint density at radius 1 is 1.44 bits per heavy atom. The molecule has 1 aromatic heterocycles. The number of nitrogens with one attached hydrogen (secondary N) is 2. The molecular weight excluding hydrogens is 346 g/mol. The summed E-state index contributed by atoms with van der Waals surface area (Å²) < 4.78 is 6.47. The van der Waals surface area contributed by atoms with Crippen LogP contribution in [0.5, 0.6) is 0 Å². The van der Waals surface area contributed by atoms with Gasteiger partial charge in [-0.2, -0.15) is 0 Å². The van der Waals surface area contributed by atoms with E-state index in [2.05, 4.69) is 10.3 Å². The molecule has 1 aromatic carbocycles. The maximum atomic E-state index is 12.5. The first kappa shape index (κ1) is 17.4. The Morgan fingerprint density at radius 2 is 2.24 bits per heavy atom. The summed E-state index contributed by atoms with van der Waals surface area (Å²) in [6, 6.07) is 5.06. The number of nitrogens with zero attached hydrogens (tertiary/aromatic N) is 1. The van der Waals surface area contributed by atoms with Crippen LogP contribution in [0.2, 0.25) is 5.02 Å². The van der Waals surface area contributed by atoms with Gasteiger partial charge in [0.1, 0.15) is 5.56 Å². The molecule has 1 aliphatic heterocycles. The van der Waals surface area contributed by atoms with E-state index in [0.717, 1.165) is 29.2 Å². The molecule has 1 aliphatic rings. The highest BCUT2D eigenvalue weighted by Gasteiger charge is 2.20.